The first-order valence-corrected chi connectivity index (χ1v) is 9.85. The van der Waals surface area contributed by atoms with Crippen LogP contribution in [-0.2, 0) is 17.9 Å². The predicted molar refractivity (Wildman–Crippen MR) is 103 cm³/mol. The van der Waals surface area contributed by atoms with Crippen molar-refractivity contribution in [3.8, 4) is 5.75 Å². The first kappa shape index (κ1) is 18.0. The average Bonchev–Trinajstić information content (AvgIpc) is 3.35. The van der Waals surface area contributed by atoms with Crippen molar-refractivity contribution in [1.29, 1.82) is 0 Å². The third-order valence-corrected chi connectivity index (χ3v) is 5.49. The highest BCUT2D eigenvalue weighted by molar-refractivity contribution is 5.76. The summed E-state index contributed by atoms with van der Waals surface area (Å²) in [7, 11) is 1.69. The Morgan fingerprint density at radius 3 is 2.81 bits per heavy atom. The molecule has 2 heterocycles. The third kappa shape index (κ3) is 4.69. The standard InChI is InChI=1S/C21H28N4O2/c1-27-20-6-4-17(5-7-20)13-24-14-18(25-19(15-24)9-11-23-25)8-10-22-21(26)12-16-2-3-16/h4-7,9,11,16,18H,2-3,8,10,12-15H2,1H3,(H,22,26)/t18-/m1/s1. The number of nitrogens with zero attached hydrogens (tertiary/aromatic N) is 3. The molecular weight excluding hydrogens is 340 g/mol. The number of amides is 1. The van der Waals surface area contributed by atoms with E-state index < -0.39 is 0 Å². The van der Waals surface area contributed by atoms with Crippen molar-refractivity contribution in [3.63, 3.8) is 0 Å². The normalized spacial score (nSPS) is 19.5. The van der Waals surface area contributed by atoms with Gasteiger partial charge in [-0.15, -0.1) is 0 Å². The van der Waals surface area contributed by atoms with Crippen LogP contribution < -0.4 is 10.1 Å². The van der Waals surface area contributed by atoms with Gasteiger partial charge in [0.15, 0.2) is 0 Å². The molecule has 4 rings (SSSR count). The summed E-state index contributed by atoms with van der Waals surface area (Å²) in [5.41, 5.74) is 2.52. The first-order valence-electron chi connectivity index (χ1n) is 9.85. The number of carbonyl (C=O) groups is 1. The van der Waals surface area contributed by atoms with E-state index in [9.17, 15) is 4.79 Å². The van der Waals surface area contributed by atoms with E-state index in [1.807, 2.05) is 18.3 Å². The summed E-state index contributed by atoms with van der Waals surface area (Å²) in [4.78, 5) is 14.4. The molecule has 6 nitrogen and oxygen atoms in total. The number of nitrogens with one attached hydrogen (secondary N) is 1. The van der Waals surface area contributed by atoms with Gasteiger partial charge in [0.25, 0.3) is 0 Å². The van der Waals surface area contributed by atoms with Crippen LogP contribution in [0.3, 0.4) is 0 Å². The summed E-state index contributed by atoms with van der Waals surface area (Å²) in [6.45, 7) is 3.46. The van der Waals surface area contributed by atoms with E-state index in [0.29, 0.717) is 24.9 Å². The molecule has 0 spiro atoms. The van der Waals surface area contributed by atoms with Gasteiger partial charge in [0.05, 0.1) is 18.8 Å². The smallest absolute Gasteiger partial charge is 0.220 e. The summed E-state index contributed by atoms with van der Waals surface area (Å²) in [6, 6.07) is 10.7. The van der Waals surface area contributed by atoms with Gasteiger partial charge in [-0.2, -0.15) is 5.10 Å². The molecule has 1 atom stereocenters. The van der Waals surface area contributed by atoms with Crippen molar-refractivity contribution < 1.29 is 9.53 Å². The maximum Gasteiger partial charge on any atom is 0.220 e. The highest BCUT2D eigenvalue weighted by Crippen LogP contribution is 2.32. The molecule has 1 N–H and O–H groups in total. The number of hydrogen-bond acceptors (Lipinski definition) is 4. The lowest BCUT2D eigenvalue weighted by Gasteiger charge is -2.34. The van der Waals surface area contributed by atoms with Crippen LogP contribution in [0.5, 0.6) is 5.75 Å². The van der Waals surface area contributed by atoms with E-state index in [1.165, 1.54) is 24.1 Å². The number of rotatable bonds is 8. The van der Waals surface area contributed by atoms with Gasteiger partial charge < -0.3 is 10.1 Å². The summed E-state index contributed by atoms with van der Waals surface area (Å²) in [5, 5.41) is 7.61. The SMILES string of the molecule is COc1ccc(CN2Cc3ccnn3[C@H](CCNC(=O)CC3CC3)C2)cc1. The van der Waals surface area contributed by atoms with Gasteiger partial charge >= 0.3 is 0 Å². The maximum atomic E-state index is 11.9. The molecule has 0 saturated heterocycles. The topological polar surface area (TPSA) is 59.4 Å². The summed E-state index contributed by atoms with van der Waals surface area (Å²) in [5.74, 6) is 1.72. The Labute approximate surface area is 160 Å². The second kappa shape index (κ2) is 8.13. The summed E-state index contributed by atoms with van der Waals surface area (Å²) >= 11 is 0. The Bertz CT molecular complexity index is 767. The number of aromatic nitrogens is 2. The molecule has 1 aliphatic carbocycles. The monoisotopic (exact) mass is 368 g/mol. The van der Waals surface area contributed by atoms with Gasteiger partial charge in [0.2, 0.25) is 5.91 Å². The zero-order chi connectivity index (χ0) is 18.6. The van der Waals surface area contributed by atoms with Crippen LogP contribution in [-0.4, -0.2) is 40.8 Å². The van der Waals surface area contributed by atoms with Gasteiger partial charge in [-0.05, 0) is 48.9 Å². The minimum atomic E-state index is 0.198. The summed E-state index contributed by atoms with van der Waals surface area (Å²) in [6.07, 6.45) is 5.91. The highest BCUT2D eigenvalue weighted by atomic mass is 16.5. The van der Waals surface area contributed by atoms with E-state index in [1.54, 1.807) is 7.11 Å². The third-order valence-electron chi connectivity index (χ3n) is 5.49. The molecule has 2 aromatic rings. The molecule has 2 aliphatic rings. The molecule has 6 heteroatoms. The predicted octanol–water partition coefficient (Wildman–Crippen LogP) is 2.76. The highest BCUT2D eigenvalue weighted by Gasteiger charge is 2.26. The fourth-order valence-corrected chi connectivity index (χ4v) is 3.82. The molecule has 0 radical (unpaired) electrons. The minimum absolute atomic E-state index is 0.198. The number of carbonyl (C=O) groups excluding carboxylic acids is 1. The Hall–Kier alpha value is -2.34. The van der Waals surface area contributed by atoms with Crippen molar-refractivity contribution in [1.82, 2.24) is 20.0 Å². The largest absolute Gasteiger partial charge is 0.497 e. The van der Waals surface area contributed by atoms with Crippen LogP contribution >= 0.6 is 0 Å². The summed E-state index contributed by atoms with van der Waals surface area (Å²) < 4.78 is 7.38. The Morgan fingerprint density at radius 1 is 1.26 bits per heavy atom. The molecule has 1 aromatic heterocycles. The van der Waals surface area contributed by atoms with Crippen molar-refractivity contribution in [2.45, 2.75) is 44.8 Å². The van der Waals surface area contributed by atoms with Gasteiger partial charge in [-0.1, -0.05) is 12.1 Å². The van der Waals surface area contributed by atoms with E-state index >= 15 is 0 Å². The fraction of sp³-hybridized carbons (Fsp3) is 0.524. The Morgan fingerprint density at radius 2 is 2.07 bits per heavy atom. The molecule has 1 saturated carbocycles. The molecule has 1 aromatic carbocycles. The van der Waals surface area contributed by atoms with E-state index in [4.69, 9.17) is 4.74 Å². The second-order valence-corrected chi connectivity index (χ2v) is 7.72. The first-order chi connectivity index (χ1) is 13.2. The molecule has 0 bridgehead atoms. The molecule has 1 amide bonds. The van der Waals surface area contributed by atoms with Gasteiger partial charge in [-0.25, -0.2) is 0 Å². The number of benzene rings is 1. The van der Waals surface area contributed by atoms with Crippen molar-refractivity contribution in [2.75, 3.05) is 20.2 Å². The molecule has 1 fully saturated rings. The quantitative estimate of drug-likeness (QED) is 0.778. The molecule has 144 valence electrons. The molecular formula is C21H28N4O2. The molecule has 0 unspecified atom stereocenters. The average molecular weight is 368 g/mol. The van der Waals surface area contributed by atoms with Crippen LogP contribution in [0.1, 0.15) is 43.0 Å². The number of fused-ring (bicyclic) bond motifs is 1. The zero-order valence-corrected chi connectivity index (χ0v) is 15.9. The lowest BCUT2D eigenvalue weighted by Crippen LogP contribution is -2.39. The maximum absolute atomic E-state index is 11.9. The molecule has 27 heavy (non-hydrogen) atoms. The van der Waals surface area contributed by atoms with Gasteiger partial charge in [0.1, 0.15) is 5.75 Å². The van der Waals surface area contributed by atoms with E-state index in [-0.39, 0.29) is 5.91 Å². The van der Waals surface area contributed by atoms with Crippen LogP contribution in [0.15, 0.2) is 36.5 Å². The number of ether oxygens (including phenoxy) is 1. The number of hydrogen-bond donors (Lipinski definition) is 1. The van der Waals surface area contributed by atoms with Crippen molar-refractivity contribution >= 4 is 5.91 Å². The van der Waals surface area contributed by atoms with Crippen LogP contribution in [0.4, 0.5) is 0 Å². The van der Waals surface area contributed by atoms with Gasteiger partial charge in [0, 0.05) is 38.8 Å². The second-order valence-electron chi connectivity index (χ2n) is 7.72. The lowest BCUT2D eigenvalue weighted by atomic mass is 10.1. The fourth-order valence-electron chi connectivity index (χ4n) is 3.82. The Balaban J connectivity index is 1.34. The zero-order valence-electron chi connectivity index (χ0n) is 15.9. The van der Waals surface area contributed by atoms with E-state index in [0.717, 1.165) is 31.8 Å². The van der Waals surface area contributed by atoms with Crippen LogP contribution in [0.2, 0.25) is 0 Å². The number of methoxy groups -OCH3 is 1. The minimum Gasteiger partial charge on any atom is -0.497 e. The van der Waals surface area contributed by atoms with Crippen LogP contribution in [0.25, 0.3) is 0 Å². The van der Waals surface area contributed by atoms with Crippen molar-refractivity contribution in [3.05, 3.63) is 47.8 Å². The van der Waals surface area contributed by atoms with E-state index in [2.05, 4.69) is 38.2 Å². The van der Waals surface area contributed by atoms with Gasteiger partial charge in [-0.3, -0.25) is 14.4 Å². The van der Waals surface area contributed by atoms with Crippen molar-refractivity contribution in [2.24, 2.45) is 5.92 Å². The Kier molecular flexibility index (Phi) is 5.43. The molecule has 1 aliphatic heterocycles. The lowest BCUT2D eigenvalue weighted by molar-refractivity contribution is -0.121. The van der Waals surface area contributed by atoms with Crippen LogP contribution in [0, 0.1) is 5.92 Å².